The van der Waals surface area contributed by atoms with Crippen LogP contribution in [-0.4, -0.2) is 30.5 Å². The number of rotatable bonds is 6. The maximum Gasteiger partial charge on any atom is 0.103 e. The third-order valence-corrected chi connectivity index (χ3v) is 2.49. The molecule has 0 radical (unpaired) electrons. The summed E-state index contributed by atoms with van der Waals surface area (Å²) in [6.45, 7) is 5.61. The zero-order chi connectivity index (χ0) is 9.90. The average molecular weight is 187 g/mol. The van der Waals surface area contributed by atoms with Crippen LogP contribution in [0.3, 0.4) is 0 Å². The highest BCUT2D eigenvalue weighted by atomic mass is 16.5. The summed E-state index contributed by atoms with van der Waals surface area (Å²) in [5.41, 5.74) is 4.78. The summed E-state index contributed by atoms with van der Waals surface area (Å²) in [6.07, 6.45) is 2.19. The molecule has 3 nitrogen and oxygen atoms in total. The van der Waals surface area contributed by atoms with Gasteiger partial charge in [-0.25, -0.2) is 0 Å². The first kappa shape index (κ1) is 11.0. The number of hydrogen-bond acceptors (Lipinski definition) is 3. The fourth-order valence-corrected chi connectivity index (χ4v) is 1.44. The largest absolute Gasteiger partial charge is 0.386 e. The van der Waals surface area contributed by atoms with Crippen LogP contribution in [0.1, 0.15) is 26.7 Å². The molecular weight excluding hydrogens is 166 g/mol. The van der Waals surface area contributed by atoms with Crippen LogP contribution >= 0.6 is 0 Å². The zero-order valence-corrected chi connectivity index (χ0v) is 8.62. The molecule has 1 aliphatic carbocycles. The minimum Gasteiger partial charge on any atom is -0.386 e. The Labute approximate surface area is 80.3 Å². The number of nitrogens with two attached hydrogens (primary N) is 1. The molecule has 3 N–H and O–H groups in total. The Bertz CT molecular complexity index is 157. The normalized spacial score (nSPS) is 21.9. The van der Waals surface area contributed by atoms with Crippen LogP contribution in [0.2, 0.25) is 0 Å². The molecular formula is C10H21NO2. The molecule has 0 bridgehead atoms. The number of ether oxygens (including phenoxy) is 1. The molecule has 13 heavy (non-hydrogen) atoms. The van der Waals surface area contributed by atoms with Gasteiger partial charge in [0, 0.05) is 13.2 Å². The molecule has 0 spiro atoms. The van der Waals surface area contributed by atoms with Crippen molar-refractivity contribution in [3.63, 3.8) is 0 Å². The van der Waals surface area contributed by atoms with Crippen molar-refractivity contribution in [1.29, 1.82) is 0 Å². The van der Waals surface area contributed by atoms with E-state index in [0.29, 0.717) is 31.6 Å². The second kappa shape index (κ2) is 4.40. The average Bonchev–Trinajstić information content (AvgIpc) is 2.85. The van der Waals surface area contributed by atoms with Gasteiger partial charge in [-0.05, 0) is 24.7 Å². The predicted octanol–water partition coefficient (Wildman–Crippen LogP) is 0.759. The fraction of sp³-hybridized carbons (Fsp3) is 1.00. The van der Waals surface area contributed by atoms with Gasteiger partial charge in [-0.3, -0.25) is 0 Å². The Kier molecular flexibility index (Phi) is 3.71. The van der Waals surface area contributed by atoms with Crippen molar-refractivity contribution in [2.75, 3.05) is 19.8 Å². The van der Waals surface area contributed by atoms with Gasteiger partial charge in [-0.2, -0.15) is 0 Å². The van der Waals surface area contributed by atoms with Crippen molar-refractivity contribution >= 4 is 0 Å². The number of aliphatic hydroxyl groups is 1. The fourth-order valence-electron chi connectivity index (χ4n) is 1.44. The van der Waals surface area contributed by atoms with Crippen molar-refractivity contribution in [1.82, 2.24) is 0 Å². The summed E-state index contributed by atoms with van der Waals surface area (Å²) in [7, 11) is 0. The van der Waals surface area contributed by atoms with E-state index < -0.39 is 5.60 Å². The van der Waals surface area contributed by atoms with Crippen molar-refractivity contribution in [2.45, 2.75) is 32.3 Å². The van der Waals surface area contributed by atoms with Crippen LogP contribution < -0.4 is 5.73 Å². The van der Waals surface area contributed by atoms with E-state index in [1.54, 1.807) is 0 Å². The molecule has 1 aliphatic rings. The molecule has 0 saturated heterocycles. The molecule has 0 aliphatic heterocycles. The quantitative estimate of drug-likeness (QED) is 0.645. The van der Waals surface area contributed by atoms with Gasteiger partial charge in [-0.1, -0.05) is 13.8 Å². The molecule has 0 aromatic heterocycles. The molecule has 0 heterocycles. The lowest BCUT2D eigenvalue weighted by Gasteiger charge is -2.26. The Morgan fingerprint density at radius 3 is 2.54 bits per heavy atom. The van der Waals surface area contributed by atoms with Crippen molar-refractivity contribution in [3.05, 3.63) is 0 Å². The summed E-state index contributed by atoms with van der Waals surface area (Å²) in [4.78, 5) is 0. The van der Waals surface area contributed by atoms with Gasteiger partial charge in [0.15, 0.2) is 0 Å². The summed E-state index contributed by atoms with van der Waals surface area (Å²) in [5.74, 6) is 0.894. The van der Waals surface area contributed by atoms with E-state index in [4.69, 9.17) is 10.5 Å². The van der Waals surface area contributed by atoms with Crippen LogP contribution in [0.4, 0.5) is 0 Å². The Balaban J connectivity index is 2.23. The first-order valence-electron chi connectivity index (χ1n) is 5.08. The van der Waals surface area contributed by atoms with Crippen LogP contribution in [0.5, 0.6) is 0 Å². The minimum atomic E-state index is -0.755. The van der Waals surface area contributed by atoms with Gasteiger partial charge < -0.3 is 15.6 Å². The van der Waals surface area contributed by atoms with Crippen molar-refractivity contribution in [2.24, 2.45) is 17.6 Å². The van der Waals surface area contributed by atoms with Gasteiger partial charge in [0.1, 0.15) is 5.60 Å². The Hall–Kier alpha value is -0.120. The van der Waals surface area contributed by atoms with E-state index in [2.05, 4.69) is 13.8 Å². The van der Waals surface area contributed by atoms with E-state index in [1.807, 2.05) is 0 Å². The van der Waals surface area contributed by atoms with Crippen LogP contribution in [0, 0.1) is 11.8 Å². The van der Waals surface area contributed by atoms with E-state index in [9.17, 15) is 5.11 Å². The van der Waals surface area contributed by atoms with E-state index in [-0.39, 0.29) is 0 Å². The lowest BCUT2D eigenvalue weighted by atomic mass is 9.99. The molecule has 1 atom stereocenters. The van der Waals surface area contributed by atoms with Gasteiger partial charge in [0.25, 0.3) is 0 Å². The maximum absolute atomic E-state index is 10.0. The second-order valence-electron chi connectivity index (χ2n) is 4.49. The minimum absolute atomic E-state index is 0.315. The van der Waals surface area contributed by atoms with E-state index in [1.165, 1.54) is 0 Å². The van der Waals surface area contributed by atoms with E-state index in [0.717, 1.165) is 12.8 Å². The highest BCUT2D eigenvalue weighted by molar-refractivity contribution is 4.95. The summed E-state index contributed by atoms with van der Waals surface area (Å²) < 4.78 is 5.42. The van der Waals surface area contributed by atoms with Gasteiger partial charge >= 0.3 is 0 Å². The molecule has 1 fully saturated rings. The monoisotopic (exact) mass is 187 g/mol. The molecule has 1 unspecified atom stereocenters. The molecule has 0 aromatic carbocycles. The lowest BCUT2D eigenvalue weighted by molar-refractivity contribution is -0.0599. The standard InChI is InChI=1S/C10H21NO2/c1-8(2)5-13-7-10(12,6-11)9-3-4-9/h8-9,12H,3-7,11H2,1-2H3. The highest BCUT2D eigenvalue weighted by Crippen LogP contribution is 2.39. The maximum atomic E-state index is 10.0. The number of hydrogen-bond donors (Lipinski definition) is 2. The predicted molar refractivity (Wildman–Crippen MR) is 52.4 cm³/mol. The molecule has 78 valence electrons. The summed E-state index contributed by atoms with van der Waals surface area (Å²) >= 11 is 0. The van der Waals surface area contributed by atoms with Crippen LogP contribution in [0.15, 0.2) is 0 Å². The topological polar surface area (TPSA) is 55.5 Å². The smallest absolute Gasteiger partial charge is 0.103 e. The lowest BCUT2D eigenvalue weighted by Crippen LogP contribution is -2.44. The molecule has 3 heteroatoms. The molecule has 1 rings (SSSR count). The van der Waals surface area contributed by atoms with Gasteiger partial charge in [0.05, 0.1) is 6.61 Å². The van der Waals surface area contributed by atoms with E-state index >= 15 is 0 Å². The van der Waals surface area contributed by atoms with Crippen LogP contribution in [0.25, 0.3) is 0 Å². The summed E-state index contributed by atoms with van der Waals surface area (Å²) in [6, 6.07) is 0. The molecule has 0 amide bonds. The molecule has 1 saturated carbocycles. The second-order valence-corrected chi connectivity index (χ2v) is 4.49. The van der Waals surface area contributed by atoms with Crippen LogP contribution in [-0.2, 0) is 4.74 Å². The Morgan fingerprint density at radius 2 is 2.15 bits per heavy atom. The van der Waals surface area contributed by atoms with Gasteiger partial charge in [0.2, 0.25) is 0 Å². The SMILES string of the molecule is CC(C)COCC(O)(CN)C1CC1. The Morgan fingerprint density at radius 1 is 1.54 bits per heavy atom. The third kappa shape index (κ3) is 3.25. The van der Waals surface area contributed by atoms with Crippen molar-refractivity contribution in [3.8, 4) is 0 Å². The highest BCUT2D eigenvalue weighted by Gasteiger charge is 2.42. The third-order valence-electron chi connectivity index (χ3n) is 2.49. The first-order chi connectivity index (χ1) is 6.08. The van der Waals surface area contributed by atoms with Crippen molar-refractivity contribution < 1.29 is 9.84 Å². The van der Waals surface area contributed by atoms with Gasteiger partial charge in [-0.15, -0.1) is 0 Å². The molecule has 0 aromatic rings. The zero-order valence-electron chi connectivity index (χ0n) is 8.62. The first-order valence-corrected chi connectivity index (χ1v) is 5.08. The summed E-state index contributed by atoms with van der Waals surface area (Å²) in [5, 5.41) is 10.0.